The van der Waals surface area contributed by atoms with Crippen molar-refractivity contribution in [1.29, 1.82) is 0 Å². The molecule has 0 fully saturated rings. The van der Waals surface area contributed by atoms with Crippen molar-refractivity contribution in [2.24, 2.45) is 0 Å². The van der Waals surface area contributed by atoms with E-state index in [1.54, 1.807) is 36.5 Å². The summed E-state index contributed by atoms with van der Waals surface area (Å²) in [5, 5.41) is 3.04. The molecule has 3 rings (SSSR count). The summed E-state index contributed by atoms with van der Waals surface area (Å²) in [5.41, 5.74) is 8.11. The van der Waals surface area contributed by atoms with Crippen molar-refractivity contribution in [3.63, 3.8) is 0 Å². The predicted molar refractivity (Wildman–Crippen MR) is 101 cm³/mol. The number of benzene rings is 1. The summed E-state index contributed by atoms with van der Waals surface area (Å²) in [5.74, 6) is -0.243. The average molecular weight is 361 g/mol. The number of nitrogens with two attached hydrogens (primary N) is 1. The molecule has 6 nitrogen and oxygen atoms in total. The summed E-state index contributed by atoms with van der Waals surface area (Å²) >= 11 is 0. The zero-order chi connectivity index (χ0) is 19.2. The Morgan fingerprint density at radius 1 is 1.22 bits per heavy atom. The molecule has 0 spiro atoms. The smallest absolute Gasteiger partial charge is 0.205 e. The van der Waals surface area contributed by atoms with Crippen molar-refractivity contribution in [3.8, 4) is 0 Å². The highest BCUT2D eigenvalue weighted by Crippen LogP contribution is 2.18. The van der Waals surface area contributed by atoms with Crippen molar-refractivity contribution in [2.45, 2.75) is 13.0 Å². The van der Waals surface area contributed by atoms with Gasteiger partial charge in [-0.1, -0.05) is 18.2 Å². The number of nitrogens with one attached hydrogen (secondary N) is 1. The highest BCUT2D eigenvalue weighted by atomic mass is 19.1. The Kier molecular flexibility index (Phi) is 5.38. The Morgan fingerprint density at radius 2 is 2.07 bits per heavy atom. The van der Waals surface area contributed by atoms with Gasteiger partial charge in [-0.05, 0) is 29.8 Å². The summed E-state index contributed by atoms with van der Waals surface area (Å²) < 4.78 is 14.1. The maximum Gasteiger partial charge on any atom is 0.205 e. The van der Waals surface area contributed by atoms with Crippen molar-refractivity contribution in [1.82, 2.24) is 9.97 Å². The Labute approximate surface area is 155 Å². The normalized spacial score (nSPS) is 10.2. The SMILES string of the molecule is [C-]#[N+]c1ccc(C(=O)Cc2ccc(F)c(CNc3cccnc3N)c2)nc1. The van der Waals surface area contributed by atoms with Crippen LogP contribution in [0.15, 0.2) is 54.9 Å². The van der Waals surface area contributed by atoms with E-state index >= 15 is 0 Å². The van der Waals surface area contributed by atoms with Crippen molar-refractivity contribution >= 4 is 23.0 Å². The standard InChI is InChI=1S/C20H16FN5O/c1-23-15-5-7-17(26-12-15)19(27)10-13-4-6-16(21)14(9-13)11-25-18-3-2-8-24-20(18)22/h2-9,12,25H,10-11H2,(H2,22,24). The zero-order valence-corrected chi connectivity index (χ0v) is 14.3. The second kappa shape index (κ2) is 8.06. The molecule has 3 aromatic rings. The first-order valence-corrected chi connectivity index (χ1v) is 8.15. The number of aromatic nitrogens is 2. The van der Waals surface area contributed by atoms with Gasteiger partial charge < -0.3 is 11.1 Å². The van der Waals surface area contributed by atoms with E-state index in [4.69, 9.17) is 12.3 Å². The predicted octanol–water partition coefficient (Wildman–Crippen LogP) is 3.79. The molecule has 0 bridgehead atoms. The van der Waals surface area contributed by atoms with Crippen LogP contribution < -0.4 is 11.1 Å². The monoisotopic (exact) mass is 361 g/mol. The minimum absolute atomic E-state index is 0.0900. The lowest BCUT2D eigenvalue weighted by Gasteiger charge is -2.10. The molecule has 134 valence electrons. The number of nitrogen functional groups attached to an aromatic ring is 1. The number of anilines is 2. The summed E-state index contributed by atoms with van der Waals surface area (Å²) in [6.45, 7) is 7.12. The molecule has 1 aromatic carbocycles. The lowest BCUT2D eigenvalue weighted by Crippen LogP contribution is -2.08. The van der Waals surface area contributed by atoms with Crippen LogP contribution in [0.1, 0.15) is 21.6 Å². The minimum Gasteiger partial charge on any atom is -0.382 e. The topological polar surface area (TPSA) is 85.3 Å². The molecule has 3 N–H and O–H groups in total. The average Bonchev–Trinajstić information content (AvgIpc) is 2.69. The van der Waals surface area contributed by atoms with Crippen molar-refractivity contribution in [3.05, 3.63) is 88.9 Å². The zero-order valence-electron chi connectivity index (χ0n) is 14.3. The van der Waals surface area contributed by atoms with E-state index in [-0.39, 0.29) is 30.3 Å². The van der Waals surface area contributed by atoms with E-state index in [2.05, 4.69) is 20.1 Å². The highest BCUT2D eigenvalue weighted by Gasteiger charge is 2.11. The van der Waals surface area contributed by atoms with Crippen LogP contribution in [0.5, 0.6) is 0 Å². The summed E-state index contributed by atoms with van der Waals surface area (Å²) in [6.07, 6.45) is 3.03. The molecule has 0 amide bonds. The summed E-state index contributed by atoms with van der Waals surface area (Å²) in [7, 11) is 0. The van der Waals surface area contributed by atoms with Gasteiger partial charge in [0.15, 0.2) is 5.78 Å². The number of halogens is 1. The van der Waals surface area contributed by atoms with Crippen LogP contribution in [0.4, 0.5) is 21.6 Å². The molecule has 0 aliphatic carbocycles. The third kappa shape index (κ3) is 4.44. The van der Waals surface area contributed by atoms with Crippen LogP contribution in [0, 0.1) is 12.4 Å². The number of rotatable bonds is 6. The van der Waals surface area contributed by atoms with Gasteiger partial charge >= 0.3 is 0 Å². The van der Waals surface area contributed by atoms with Crippen molar-refractivity contribution < 1.29 is 9.18 Å². The van der Waals surface area contributed by atoms with Gasteiger partial charge in [0.05, 0.1) is 12.3 Å². The fourth-order valence-electron chi connectivity index (χ4n) is 2.52. The number of hydrogen-bond acceptors (Lipinski definition) is 5. The fourth-order valence-corrected chi connectivity index (χ4v) is 2.52. The van der Waals surface area contributed by atoms with Gasteiger partial charge in [0, 0.05) is 30.9 Å². The van der Waals surface area contributed by atoms with Gasteiger partial charge in [-0.2, -0.15) is 0 Å². The summed E-state index contributed by atoms with van der Waals surface area (Å²) in [6, 6.07) is 11.1. The first-order valence-electron chi connectivity index (χ1n) is 8.15. The van der Waals surface area contributed by atoms with Crippen LogP contribution in [0.3, 0.4) is 0 Å². The third-order valence-electron chi connectivity index (χ3n) is 3.95. The number of nitrogens with zero attached hydrogens (tertiary/aromatic N) is 3. The van der Waals surface area contributed by atoms with Gasteiger partial charge in [0.2, 0.25) is 5.69 Å². The second-order valence-electron chi connectivity index (χ2n) is 5.83. The Bertz CT molecular complexity index is 1010. The number of carbonyl (C=O) groups excluding carboxylic acids is 1. The largest absolute Gasteiger partial charge is 0.382 e. The fraction of sp³-hybridized carbons (Fsp3) is 0.100. The Balaban J connectivity index is 1.71. The first kappa shape index (κ1) is 18.0. The number of hydrogen-bond donors (Lipinski definition) is 2. The lowest BCUT2D eigenvalue weighted by atomic mass is 10.0. The molecule has 0 aliphatic rings. The molecule has 0 saturated carbocycles. The molecule has 27 heavy (non-hydrogen) atoms. The molecule has 0 radical (unpaired) electrons. The molecule has 0 atom stereocenters. The van der Waals surface area contributed by atoms with E-state index < -0.39 is 0 Å². The highest BCUT2D eigenvalue weighted by molar-refractivity contribution is 5.95. The maximum atomic E-state index is 14.1. The molecule has 7 heteroatoms. The van der Waals surface area contributed by atoms with E-state index in [1.165, 1.54) is 18.3 Å². The maximum absolute atomic E-state index is 14.1. The lowest BCUT2D eigenvalue weighted by molar-refractivity contribution is 0.0988. The molecule has 0 saturated heterocycles. The minimum atomic E-state index is -0.374. The number of pyridine rings is 2. The van der Waals surface area contributed by atoms with E-state index in [0.29, 0.717) is 28.3 Å². The van der Waals surface area contributed by atoms with Crippen LogP contribution in [0.2, 0.25) is 0 Å². The molecule has 2 aromatic heterocycles. The molecule has 0 unspecified atom stereocenters. The van der Waals surface area contributed by atoms with Gasteiger partial charge in [-0.15, -0.1) is 0 Å². The van der Waals surface area contributed by atoms with E-state index in [1.807, 2.05) is 0 Å². The Morgan fingerprint density at radius 3 is 2.78 bits per heavy atom. The van der Waals surface area contributed by atoms with Crippen LogP contribution in [-0.2, 0) is 13.0 Å². The van der Waals surface area contributed by atoms with E-state index in [0.717, 1.165) is 0 Å². The van der Waals surface area contributed by atoms with Crippen LogP contribution in [0.25, 0.3) is 4.85 Å². The first-order chi connectivity index (χ1) is 13.1. The number of ketones is 1. The third-order valence-corrected chi connectivity index (χ3v) is 3.95. The molecule has 0 aliphatic heterocycles. The van der Waals surface area contributed by atoms with Crippen LogP contribution >= 0.6 is 0 Å². The van der Waals surface area contributed by atoms with Gasteiger partial charge in [-0.25, -0.2) is 14.2 Å². The number of carbonyl (C=O) groups is 1. The van der Waals surface area contributed by atoms with Gasteiger partial charge in [0.1, 0.15) is 17.3 Å². The molecular weight excluding hydrogens is 345 g/mol. The van der Waals surface area contributed by atoms with E-state index in [9.17, 15) is 9.18 Å². The molecular formula is C20H16FN5O. The quantitative estimate of drug-likeness (QED) is 0.515. The van der Waals surface area contributed by atoms with Gasteiger partial charge in [-0.3, -0.25) is 9.78 Å². The van der Waals surface area contributed by atoms with Crippen molar-refractivity contribution in [2.75, 3.05) is 11.1 Å². The Hall–Kier alpha value is -3.79. The molecule has 2 heterocycles. The second-order valence-corrected chi connectivity index (χ2v) is 5.83. The van der Waals surface area contributed by atoms with Gasteiger partial charge in [0.25, 0.3) is 0 Å². The van der Waals surface area contributed by atoms with Crippen LogP contribution in [-0.4, -0.2) is 15.8 Å². The summed E-state index contributed by atoms with van der Waals surface area (Å²) in [4.78, 5) is 23.6. The number of Topliss-reactive ketones (excluding diaryl/α,β-unsaturated/α-hetero) is 1.